The molecule has 0 saturated heterocycles. The van der Waals surface area contributed by atoms with Gasteiger partial charge in [0.2, 0.25) is 5.91 Å². The number of aliphatic hydroxyl groups excluding tert-OH is 1. The molecule has 0 saturated carbocycles. The maximum atomic E-state index is 10.8. The van der Waals surface area contributed by atoms with Gasteiger partial charge in [0.05, 0.1) is 12.6 Å². The molecule has 0 aliphatic heterocycles. The van der Waals surface area contributed by atoms with Crippen LogP contribution in [0.2, 0.25) is 5.02 Å². The van der Waals surface area contributed by atoms with Crippen molar-refractivity contribution in [1.29, 1.82) is 0 Å². The molecule has 0 fully saturated rings. The molecule has 4 heteroatoms. The van der Waals surface area contributed by atoms with Crippen LogP contribution in [0.5, 0.6) is 0 Å². The molecule has 0 aliphatic rings. The Bertz CT molecular complexity index is 328. The second kappa shape index (κ2) is 4.98. The molecule has 0 spiro atoms. The zero-order chi connectivity index (χ0) is 10.6. The second-order valence-electron chi connectivity index (χ2n) is 2.99. The van der Waals surface area contributed by atoms with E-state index in [1.165, 1.54) is 6.92 Å². The van der Waals surface area contributed by atoms with Crippen molar-refractivity contribution in [2.45, 2.75) is 13.0 Å². The summed E-state index contributed by atoms with van der Waals surface area (Å²) < 4.78 is 0. The molecule has 1 rings (SSSR count). The average molecular weight is 214 g/mol. The van der Waals surface area contributed by atoms with Gasteiger partial charge in [-0.05, 0) is 17.7 Å². The van der Waals surface area contributed by atoms with Crippen LogP contribution in [0.3, 0.4) is 0 Å². The molecule has 1 amide bonds. The minimum Gasteiger partial charge on any atom is -0.394 e. The largest absolute Gasteiger partial charge is 0.394 e. The molecule has 2 N–H and O–H groups in total. The van der Waals surface area contributed by atoms with Crippen molar-refractivity contribution in [3.8, 4) is 0 Å². The summed E-state index contributed by atoms with van der Waals surface area (Å²) in [5.74, 6) is -0.177. The van der Waals surface area contributed by atoms with Crippen LogP contribution in [0, 0.1) is 0 Å². The van der Waals surface area contributed by atoms with E-state index in [0.717, 1.165) is 5.56 Å². The topological polar surface area (TPSA) is 49.3 Å². The van der Waals surface area contributed by atoms with E-state index in [0.29, 0.717) is 5.02 Å². The molecular formula is C10H12ClNO2. The first kappa shape index (κ1) is 11.0. The highest BCUT2D eigenvalue weighted by Crippen LogP contribution is 2.17. The molecule has 14 heavy (non-hydrogen) atoms. The van der Waals surface area contributed by atoms with E-state index in [4.69, 9.17) is 16.7 Å². The maximum absolute atomic E-state index is 10.8. The molecule has 1 aromatic carbocycles. The number of nitrogens with one attached hydrogen (secondary N) is 1. The van der Waals surface area contributed by atoms with Crippen LogP contribution in [-0.4, -0.2) is 17.6 Å². The molecule has 0 bridgehead atoms. The quantitative estimate of drug-likeness (QED) is 0.800. The molecule has 76 valence electrons. The normalized spacial score (nSPS) is 12.2. The van der Waals surface area contributed by atoms with Crippen molar-refractivity contribution in [3.05, 3.63) is 34.9 Å². The lowest BCUT2D eigenvalue weighted by Gasteiger charge is -2.15. The van der Waals surface area contributed by atoms with Crippen molar-refractivity contribution >= 4 is 17.5 Å². The van der Waals surface area contributed by atoms with E-state index in [-0.39, 0.29) is 18.6 Å². The zero-order valence-electron chi connectivity index (χ0n) is 7.83. The molecule has 0 aliphatic carbocycles. The highest BCUT2D eigenvalue weighted by Gasteiger charge is 2.10. The Morgan fingerprint density at radius 2 is 2.36 bits per heavy atom. The van der Waals surface area contributed by atoms with Crippen LogP contribution in [0.4, 0.5) is 0 Å². The van der Waals surface area contributed by atoms with Gasteiger partial charge in [-0.1, -0.05) is 23.7 Å². The number of halogens is 1. The number of hydrogen-bond acceptors (Lipinski definition) is 2. The average Bonchev–Trinajstić information content (AvgIpc) is 2.14. The molecule has 0 radical (unpaired) electrons. The van der Waals surface area contributed by atoms with E-state index in [1.54, 1.807) is 18.2 Å². The van der Waals surface area contributed by atoms with Gasteiger partial charge in [-0.25, -0.2) is 0 Å². The van der Waals surface area contributed by atoms with Crippen LogP contribution in [-0.2, 0) is 4.79 Å². The van der Waals surface area contributed by atoms with Crippen molar-refractivity contribution in [2.24, 2.45) is 0 Å². The Morgan fingerprint density at radius 3 is 2.86 bits per heavy atom. The van der Waals surface area contributed by atoms with Gasteiger partial charge in [-0.2, -0.15) is 0 Å². The number of rotatable bonds is 3. The first-order valence-corrected chi connectivity index (χ1v) is 4.64. The highest BCUT2D eigenvalue weighted by atomic mass is 35.5. The molecule has 0 heterocycles. The summed E-state index contributed by atoms with van der Waals surface area (Å²) in [7, 11) is 0. The summed E-state index contributed by atoms with van der Waals surface area (Å²) in [4.78, 5) is 10.8. The second-order valence-corrected chi connectivity index (χ2v) is 3.43. The van der Waals surface area contributed by atoms with Crippen LogP contribution in [0.1, 0.15) is 18.5 Å². The minimum atomic E-state index is -0.383. The lowest BCUT2D eigenvalue weighted by Crippen LogP contribution is -2.28. The van der Waals surface area contributed by atoms with E-state index in [9.17, 15) is 4.79 Å². The molecule has 1 aromatic rings. The summed E-state index contributed by atoms with van der Waals surface area (Å²) in [6, 6.07) is 6.67. The van der Waals surface area contributed by atoms with Gasteiger partial charge >= 0.3 is 0 Å². The van der Waals surface area contributed by atoms with Crippen LogP contribution < -0.4 is 5.32 Å². The van der Waals surface area contributed by atoms with Crippen LogP contribution in [0.25, 0.3) is 0 Å². The first-order chi connectivity index (χ1) is 6.63. The Morgan fingerprint density at radius 1 is 1.64 bits per heavy atom. The van der Waals surface area contributed by atoms with Crippen LogP contribution in [0.15, 0.2) is 24.3 Å². The van der Waals surface area contributed by atoms with Gasteiger partial charge in [0.15, 0.2) is 0 Å². The monoisotopic (exact) mass is 213 g/mol. The van der Waals surface area contributed by atoms with Crippen molar-refractivity contribution < 1.29 is 9.90 Å². The van der Waals surface area contributed by atoms with Crippen molar-refractivity contribution in [1.82, 2.24) is 5.32 Å². The summed E-state index contributed by atoms with van der Waals surface area (Å²) in [6.07, 6.45) is 0. The molecule has 1 atom stereocenters. The predicted molar refractivity (Wildman–Crippen MR) is 55.1 cm³/mol. The van der Waals surface area contributed by atoms with Gasteiger partial charge in [-0.3, -0.25) is 4.79 Å². The predicted octanol–water partition coefficient (Wildman–Crippen LogP) is 1.51. The molecular weight excluding hydrogens is 202 g/mol. The minimum absolute atomic E-state index is 0.139. The Balaban J connectivity index is 2.83. The Labute approximate surface area is 87.7 Å². The fraction of sp³-hybridized carbons (Fsp3) is 0.300. The summed E-state index contributed by atoms with van der Waals surface area (Å²) in [6.45, 7) is 1.27. The van der Waals surface area contributed by atoms with Crippen molar-refractivity contribution in [3.63, 3.8) is 0 Å². The zero-order valence-corrected chi connectivity index (χ0v) is 8.58. The molecule has 0 aromatic heterocycles. The number of carbonyl (C=O) groups is 1. The van der Waals surface area contributed by atoms with E-state index < -0.39 is 0 Å². The lowest BCUT2D eigenvalue weighted by molar-refractivity contribution is -0.120. The maximum Gasteiger partial charge on any atom is 0.217 e. The third-order valence-corrected chi connectivity index (χ3v) is 2.05. The van der Waals surface area contributed by atoms with Gasteiger partial charge in [-0.15, -0.1) is 0 Å². The fourth-order valence-corrected chi connectivity index (χ4v) is 1.40. The molecule has 0 unspecified atom stereocenters. The Hall–Kier alpha value is -1.06. The first-order valence-electron chi connectivity index (χ1n) is 4.27. The Kier molecular flexibility index (Phi) is 3.92. The fourth-order valence-electron chi connectivity index (χ4n) is 1.20. The van der Waals surface area contributed by atoms with Gasteiger partial charge in [0.1, 0.15) is 0 Å². The number of hydrogen-bond donors (Lipinski definition) is 2. The van der Waals surface area contributed by atoms with E-state index in [1.807, 2.05) is 6.07 Å². The SMILES string of the molecule is CC(=O)N[C@H](CO)c1cccc(Cl)c1. The number of benzene rings is 1. The van der Waals surface area contributed by atoms with E-state index in [2.05, 4.69) is 5.32 Å². The number of amides is 1. The number of carbonyl (C=O) groups excluding carboxylic acids is 1. The third kappa shape index (κ3) is 3.01. The van der Waals surface area contributed by atoms with Crippen LogP contribution >= 0.6 is 11.6 Å². The van der Waals surface area contributed by atoms with Gasteiger partial charge < -0.3 is 10.4 Å². The summed E-state index contributed by atoms with van der Waals surface area (Å²) in [5.41, 5.74) is 0.801. The number of aliphatic hydroxyl groups is 1. The molecule has 3 nitrogen and oxygen atoms in total. The lowest BCUT2D eigenvalue weighted by atomic mass is 10.1. The standard InChI is InChI=1S/C10H12ClNO2/c1-7(14)12-10(6-13)8-3-2-4-9(11)5-8/h2-5,10,13H,6H2,1H3,(H,12,14)/t10-/m1/s1. The van der Waals surface area contributed by atoms with E-state index >= 15 is 0 Å². The summed E-state index contributed by atoms with van der Waals surface area (Å²) >= 11 is 5.79. The highest BCUT2D eigenvalue weighted by molar-refractivity contribution is 6.30. The van der Waals surface area contributed by atoms with Crippen molar-refractivity contribution in [2.75, 3.05) is 6.61 Å². The third-order valence-electron chi connectivity index (χ3n) is 1.81. The van der Waals surface area contributed by atoms with Gasteiger partial charge in [0, 0.05) is 11.9 Å². The summed E-state index contributed by atoms with van der Waals surface area (Å²) in [5, 5.41) is 12.3. The smallest absolute Gasteiger partial charge is 0.217 e. The van der Waals surface area contributed by atoms with Gasteiger partial charge in [0.25, 0.3) is 0 Å².